The molecule has 2 atom stereocenters. The van der Waals surface area contributed by atoms with Gasteiger partial charge in [-0.25, -0.2) is 27.9 Å². The van der Waals surface area contributed by atoms with Gasteiger partial charge in [0.15, 0.2) is 0 Å². The van der Waals surface area contributed by atoms with Gasteiger partial charge in [-0.15, -0.1) is 0 Å². The third-order valence-electron chi connectivity index (χ3n) is 6.52. The predicted octanol–water partition coefficient (Wildman–Crippen LogP) is 4.35. The summed E-state index contributed by atoms with van der Waals surface area (Å²) in [4.78, 5) is 44.4. The normalized spacial score (nSPS) is 21.2. The third kappa shape index (κ3) is 3.90. The van der Waals surface area contributed by atoms with Crippen LogP contribution in [0.4, 0.5) is 29.3 Å². The maximum absolute atomic E-state index is 13.5. The molecule has 196 valence electrons. The minimum Gasteiger partial charge on any atom is -0.404 e. The van der Waals surface area contributed by atoms with Crippen molar-refractivity contribution in [2.24, 2.45) is 5.92 Å². The highest BCUT2D eigenvalue weighted by Crippen LogP contribution is 2.55. The van der Waals surface area contributed by atoms with Gasteiger partial charge in [0.1, 0.15) is 5.54 Å². The molecule has 1 saturated carbocycles. The fourth-order valence-electron chi connectivity index (χ4n) is 4.46. The highest BCUT2D eigenvalue weighted by atomic mass is 32.2. The highest BCUT2D eigenvalue weighted by Gasteiger charge is 2.70. The number of carbonyl (C=O) groups is 3. The lowest BCUT2D eigenvalue weighted by molar-refractivity contribution is -0.119. The van der Waals surface area contributed by atoms with E-state index in [0.29, 0.717) is 18.6 Å². The number of hydrogen-bond donors (Lipinski definition) is 0. The lowest BCUT2D eigenvalue weighted by Crippen LogP contribution is -2.39. The summed E-state index contributed by atoms with van der Waals surface area (Å²) in [5, 5.41) is 0. The molecule has 1 aliphatic heterocycles. The fourth-order valence-corrected chi connectivity index (χ4v) is 5.22. The molecule has 2 aromatic carbocycles. The van der Waals surface area contributed by atoms with Crippen molar-refractivity contribution in [3.05, 3.63) is 78.5 Å². The van der Waals surface area contributed by atoms with Crippen LogP contribution < -0.4 is 14.5 Å². The van der Waals surface area contributed by atoms with Crippen molar-refractivity contribution in [1.82, 2.24) is 4.98 Å². The van der Waals surface area contributed by atoms with Gasteiger partial charge >= 0.3 is 17.5 Å². The molecule has 0 N–H and O–H groups in total. The van der Waals surface area contributed by atoms with Gasteiger partial charge in [-0.1, -0.05) is 25.1 Å². The monoisotopic (exact) mass is 545 g/mol. The van der Waals surface area contributed by atoms with E-state index in [9.17, 15) is 36.0 Å². The third-order valence-corrected chi connectivity index (χ3v) is 8.02. The van der Waals surface area contributed by atoms with E-state index in [1.54, 1.807) is 37.3 Å². The molecule has 13 heteroatoms. The van der Waals surface area contributed by atoms with Crippen molar-refractivity contribution in [1.29, 1.82) is 0 Å². The predicted molar refractivity (Wildman–Crippen MR) is 127 cm³/mol. The summed E-state index contributed by atoms with van der Waals surface area (Å²) in [5.74, 6) is -1.65. The van der Waals surface area contributed by atoms with E-state index in [1.807, 2.05) is 0 Å². The van der Waals surface area contributed by atoms with Gasteiger partial charge in [0.25, 0.3) is 15.7 Å². The van der Waals surface area contributed by atoms with Crippen LogP contribution in [0.3, 0.4) is 0 Å². The number of sulfone groups is 1. The van der Waals surface area contributed by atoms with Gasteiger partial charge in [-0.2, -0.15) is 13.2 Å². The Morgan fingerprint density at radius 2 is 1.66 bits per heavy atom. The van der Waals surface area contributed by atoms with Gasteiger partial charge < -0.3 is 4.74 Å². The van der Waals surface area contributed by atoms with Gasteiger partial charge in [0.05, 0.1) is 21.8 Å². The van der Waals surface area contributed by atoms with E-state index < -0.39 is 43.7 Å². The number of amides is 3. The number of urea groups is 1. The lowest BCUT2D eigenvalue weighted by atomic mass is 10.1. The molecule has 2 fully saturated rings. The van der Waals surface area contributed by atoms with E-state index in [4.69, 9.17) is 4.74 Å². The first kappa shape index (κ1) is 25.4. The average molecular weight is 545 g/mol. The zero-order valence-corrected chi connectivity index (χ0v) is 20.4. The van der Waals surface area contributed by atoms with Crippen molar-refractivity contribution in [2.45, 2.75) is 29.3 Å². The Balaban J connectivity index is 1.46. The number of halogens is 3. The van der Waals surface area contributed by atoms with Gasteiger partial charge in [-0.3, -0.25) is 9.69 Å². The SMILES string of the molecule is CC1CC12C(=O)N(c1ccc(S(=O)(=O)C(F)(F)F)cc1)C(=O)N2c1ccnc(OC(=O)c2ccccc2)c1. The molecular weight excluding hydrogens is 527 g/mol. The Morgan fingerprint density at radius 1 is 1.03 bits per heavy atom. The second-order valence-electron chi connectivity index (χ2n) is 8.84. The van der Waals surface area contributed by atoms with Crippen molar-refractivity contribution in [3.63, 3.8) is 0 Å². The van der Waals surface area contributed by atoms with Crippen molar-refractivity contribution >= 4 is 39.1 Å². The zero-order chi connectivity index (χ0) is 27.5. The number of rotatable bonds is 5. The van der Waals surface area contributed by atoms with Crippen LogP contribution in [0.1, 0.15) is 23.7 Å². The molecule has 1 saturated heterocycles. The molecule has 0 bridgehead atoms. The van der Waals surface area contributed by atoms with Crippen LogP contribution in [0.25, 0.3) is 0 Å². The molecule has 38 heavy (non-hydrogen) atoms. The van der Waals surface area contributed by atoms with Crippen LogP contribution in [0.5, 0.6) is 5.88 Å². The quantitative estimate of drug-likeness (QED) is 0.346. The first-order chi connectivity index (χ1) is 17.9. The Labute approximate surface area is 214 Å². The molecule has 9 nitrogen and oxygen atoms in total. The van der Waals surface area contributed by atoms with Crippen molar-refractivity contribution in [3.8, 4) is 5.88 Å². The van der Waals surface area contributed by atoms with Gasteiger partial charge in [0, 0.05) is 12.3 Å². The number of ether oxygens (including phenoxy) is 1. The minimum absolute atomic E-state index is 0.0908. The summed E-state index contributed by atoms with van der Waals surface area (Å²) in [7, 11) is -5.60. The maximum atomic E-state index is 13.5. The number of pyridine rings is 1. The second-order valence-corrected chi connectivity index (χ2v) is 10.8. The summed E-state index contributed by atoms with van der Waals surface area (Å²) in [6.45, 7) is 1.76. The molecule has 5 rings (SSSR count). The molecular formula is C25H18F3N3O6S. The number of aromatic nitrogens is 1. The Bertz CT molecular complexity index is 1560. The molecule has 1 aliphatic carbocycles. The molecule has 1 spiro atoms. The van der Waals surface area contributed by atoms with Crippen LogP contribution >= 0.6 is 0 Å². The molecule has 3 amide bonds. The molecule has 2 heterocycles. The number of benzene rings is 2. The van der Waals surface area contributed by atoms with Crippen molar-refractivity contribution < 1.29 is 40.7 Å². The lowest BCUT2D eigenvalue weighted by Gasteiger charge is -2.22. The van der Waals surface area contributed by atoms with Crippen LogP contribution in [0, 0.1) is 5.92 Å². The zero-order valence-electron chi connectivity index (χ0n) is 19.5. The van der Waals surface area contributed by atoms with E-state index >= 15 is 0 Å². The largest absolute Gasteiger partial charge is 0.501 e. The number of nitrogens with zero attached hydrogens (tertiary/aromatic N) is 3. The Morgan fingerprint density at radius 3 is 2.24 bits per heavy atom. The first-order valence-electron chi connectivity index (χ1n) is 11.2. The van der Waals surface area contributed by atoms with E-state index in [0.717, 1.165) is 17.0 Å². The van der Waals surface area contributed by atoms with Gasteiger partial charge in [-0.05, 0) is 54.8 Å². The maximum Gasteiger partial charge on any atom is 0.501 e. The van der Waals surface area contributed by atoms with Crippen LogP contribution in [0.15, 0.2) is 77.8 Å². The second kappa shape index (κ2) is 8.65. The summed E-state index contributed by atoms with van der Waals surface area (Å²) in [6.07, 6.45) is 1.62. The molecule has 2 aliphatic rings. The number of hydrogen-bond acceptors (Lipinski definition) is 7. The fraction of sp³-hybridized carbons (Fsp3) is 0.200. The highest BCUT2D eigenvalue weighted by molar-refractivity contribution is 7.92. The topological polar surface area (TPSA) is 114 Å². The minimum atomic E-state index is -5.60. The summed E-state index contributed by atoms with van der Waals surface area (Å²) < 4.78 is 67.4. The Kier molecular flexibility index (Phi) is 5.78. The number of esters is 1. The van der Waals surface area contributed by atoms with Crippen LogP contribution in [0.2, 0.25) is 0 Å². The molecule has 1 aromatic heterocycles. The number of anilines is 2. The van der Waals surface area contributed by atoms with E-state index in [-0.39, 0.29) is 28.7 Å². The summed E-state index contributed by atoms with van der Waals surface area (Å²) in [5.41, 5.74) is -6.34. The standard InChI is InChI=1S/C25H18F3N3O6S/c1-15-14-24(15)22(33)30(17-7-9-19(10-8-17)38(35,36)25(26,27)28)23(34)31(24)18-11-12-29-20(13-18)37-21(32)16-5-3-2-4-6-16/h2-13,15H,14H2,1H3. The van der Waals surface area contributed by atoms with Crippen LogP contribution in [-0.2, 0) is 14.6 Å². The number of imide groups is 1. The smallest absolute Gasteiger partial charge is 0.404 e. The Hall–Kier alpha value is -4.26. The van der Waals surface area contributed by atoms with E-state index in [1.165, 1.54) is 23.2 Å². The van der Waals surface area contributed by atoms with E-state index in [2.05, 4.69) is 4.98 Å². The summed E-state index contributed by atoms with van der Waals surface area (Å²) in [6, 6.07) is 13.5. The first-order valence-corrected chi connectivity index (χ1v) is 12.7. The summed E-state index contributed by atoms with van der Waals surface area (Å²) >= 11 is 0. The molecule has 3 aromatic rings. The number of alkyl halides is 3. The van der Waals surface area contributed by atoms with Gasteiger partial charge in [0.2, 0.25) is 5.88 Å². The van der Waals surface area contributed by atoms with Crippen molar-refractivity contribution in [2.75, 3.05) is 9.80 Å². The van der Waals surface area contributed by atoms with Crippen LogP contribution in [-0.4, -0.2) is 42.4 Å². The molecule has 0 radical (unpaired) electrons. The average Bonchev–Trinajstić information content (AvgIpc) is 3.49. The molecule has 2 unspecified atom stereocenters. The number of carbonyl (C=O) groups excluding carboxylic acids is 3.